The van der Waals surface area contributed by atoms with Crippen molar-refractivity contribution in [3.05, 3.63) is 46.3 Å². The number of amides is 1. The monoisotopic (exact) mass is 190 g/mol. The van der Waals surface area contributed by atoms with Crippen LogP contribution in [0, 0.1) is 0 Å². The van der Waals surface area contributed by atoms with Gasteiger partial charge in [0, 0.05) is 4.91 Å². The number of hydrogen-bond donors (Lipinski definition) is 1. The van der Waals surface area contributed by atoms with Crippen molar-refractivity contribution in [1.82, 2.24) is 0 Å². The normalized spacial score (nSPS) is 11.4. The number of rotatable bonds is 4. The molecule has 2 N–H and O–H groups in total. The van der Waals surface area contributed by atoms with Crippen molar-refractivity contribution in [2.45, 2.75) is 12.5 Å². The van der Waals surface area contributed by atoms with Crippen molar-refractivity contribution in [2.75, 3.05) is 0 Å². The van der Waals surface area contributed by atoms with Crippen molar-refractivity contribution in [2.24, 2.45) is 10.8 Å². The Morgan fingerprint density at radius 2 is 2.14 bits per heavy atom. The highest BCUT2D eigenvalue weighted by Crippen LogP contribution is 2.05. The molecule has 5 nitrogen and oxygen atoms in total. The first-order valence-electron chi connectivity index (χ1n) is 4.11. The third-order valence-corrected chi connectivity index (χ3v) is 1.79. The molecule has 1 amide bonds. The Morgan fingerprint density at radius 3 is 2.64 bits per heavy atom. The average molecular weight is 190 g/mol. The number of azide groups is 1. The topological polar surface area (TPSA) is 91.8 Å². The molecular formula is C9H10N4O. The fourth-order valence-electron chi connectivity index (χ4n) is 1.10. The second-order valence-electron chi connectivity index (χ2n) is 2.81. The van der Waals surface area contributed by atoms with Gasteiger partial charge in [-0.25, -0.2) is 0 Å². The van der Waals surface area contributed by atoms with E-state index in [2.05, 4.69) is 10.0 Å². The van der Waals surface area contributed by atoms with Crippen LogP contribution in [0.25, 0.3) is 10.4 Å². The van der Waals surface area contributed by atoms with Crippen LogP contribution in [0.4, 0.5) is 0 Å². The summed E-state index contributed by atoms with van der Waals surface area (Å²) in [4.78, 5) is 13.4. The fraction of sp³-hybridized carbons (Fsp3) is 0.222. The average Bonchev–Trinajstić information content (AvgIpc) is 2.18. The van der Waals surface area contributed by atoms with Gasteiger partial charge in [-0.15, -0.1) is 0 Å². The Kier molecular flexibility index (Phi) is 3.52. The van der Waals surface area contributed by atoms with Gasteiger partial charge in [-0.3, -0.25) is 4.79 Å². The molecule has 1 rings (SSSR count). The zero-order chi connectivity index (χ0) is 10.4. The van der Waals surface area contributed by atoms with E-state index in [1.54, 1.807) is 0 Å². The molecule has 0 heterocycles. The standard InChI is InChI=1S/C9H10N4O/c10-9(14)8(12-13-11)6-7-4-2-1-3-5-7/h1-5,8H,6H2,(H2,10,14). The summed E-state index contributed by atoms with van der Waals surface area (Å²) >= 11 is 0. The fourth-order valence-corrected chi connectivity index (χ4v) is 1.10. The highest BCUT2D eigenvalue weighted by atomic mass is 16.1. The number of nitrogens with two attached hydrogens (primary N) is 1. The minimum Gasteiger partial charge on any atom is -0.369 e. The van der Waals surface area contributed by atoms with Crippen LogP contribution in [-0.2, 0) is 11.2 Å². The number of hydrogen-bond acceptors (Lipinski definition) is 2. The second-order valence-corrected chi connectivity index (χ2v) is 2.81. The minimum atomic E-state index is -0.803. The molecule has 0 aromatic heterocycles. The molecule has 5 heteroatoms. The van der Waals surface area contributed by atoms with E-state index in [9.17, 15) is 4.79 Å². The van der Waals surface area contributed by atoms with Crippen LogP contribution >= 0.6 is 0 Å². The Bertz CT molecular complexity index is 354. The Morgan fingerprint density at radius 1 is 1.50 bits per heavy atom. The Balaban J connectivity index is 2.75. The molecule has 0 fully saturated rings. The first kappa shape index (κ1) is 10.1. The maximum atomic E-state index is 10.9. The molecule has 1 atom stereocenters. The molecule has 14 heavy (non-hydrogen) atoms. The largest absolute Gasteiger partial charge is 0.369 e. The van der Waals surface area contributed by atoms with Gasteiger partial charge in [0.2, 0.25) is 5.91 Å². The van der Waals surface area contributed by atoms with Gasteiger partial charge < -0.3 is 5.73 Å². The third kappa shape index (κ3) is 2.80. The van der Waals surface area contributed by atoms with Crippen LogP contribution in [0.15, 0.2) is 35.4 Å². The van der Waals surface area contributed by atoms with Crippen LogP contribution in [0.3, 0.4) is 0 Å². The predicted molar refractivity (Wildman–Crippen MR) is 52.3 cm³/mol. The molecule has 0 saturated heterocycles. The van der Waals surface area contributed by atoms with Crippen LogP contribution in [0.2, 0.25) is 0 Å². The lowest BCUT2D eigenvalue weighted by molar-refractivity contribution is -0.119. The van der Waals surface area contributed by atoms with Gasteiger partial charge >= 0.3 is 0 Å². The summed E-state index contributed by atoms with van der Waals surface area (Å²) < 4.78 is 0. The number of nitrogens with zero attached hydrogens (tertiary/aromatic N) is 3. The van der Waals surface area contributed by atoms with Crippen LogP contribution in [0.1, 0.15) is 5.56 Å². The molecule has 1 unspecified atom stereocenters. The van der Waals surface area contributed by atoms with Gasteiger partial charge in [0.1, 0.15) is 6.04 Å². The van der Waals surface area contributed by atoms with Crippen LogP contribution < -0.4 is 5.73 Å². The lowest BCUT2D eigenvalue weighted by Crippen LogP contribution is -2.28. The lowest BCUT2D eigenvalue weighted by Gasteiger charge is -2.05. The SMILES string of the molecule is [N-]=[N+]=NC(Cc1ccccc1)C(N)=O. The van der Waals surface area contributed by atoms with E-state index < -0.39 is 11.9 Å². The Hall–Kier alpha value is -2.00. The highest BCUT2D eigenvalue weighted by Gasteiger charge is 2.13. The summed E-state index contributed by atoms with van der Waals surface area (Å²) in [5, 5.41) is 3.32. The number of carbonyl (C=O) groups excluding carboxylic acids is 1. The quantitative estimate of drug-likeness (QED) is 0.433. The zero-order valence-electron chi connectivity index (χ0n) is 7.50. The highest BCUT2D eigenvalue weighted by molar-refractivity contribution is 5.80. The lowest BCUT2D eigenvalue weighted by atomic mass is 10.1. The van der Waals surface area contributed by atoms with Crippen molar-refractivity contribution in [3.8, 4) is 0 Å². The van der Waals surface area contributed by atoms with E-state index in [0.29, 0.717) is 6.42 Å². The van der Waals surface area contributed by atoms with Gasteiger partial charge in [-0.05, 0) is 17.5 Å². The smallest absolute Gasteiger partial charge is 0.226 e. The van der Waals surface area contributed by atoms with E-state index >= 15 is 0 Å². The van der Waals surface area contributed by atoms with E-state index in [1.165, 1.54) is 0 Å². The molecule has 0 saturated carbocycles. The number of benzene rings is 1. The molecule has 72 valence electrons. The summed E-state index contributed by atoms with van der Waals surface area (Å²) in [6, 6.07) is 8.47. The zero-order valence-corrected chi connectivity index (χ0v) is 7.50. The summed E-state index contributed by atoms with van der Waals surface area (Å²) in [7, 11) is 0. The molecule has 1 aromatic carbocycles. The number of carbonyl (C=O) groups is 1. The van der Waals surface area contributed by atoms with Gasteiger partial charge in [-0.1, -0.05) is 35.4 Å². The molecule has 1 aromatic rings. The molecule has 0 aliphatic carbocycles. The molecule has 0 bridgehead atoms. The van der Waals surface area contributed by atoms with Crippen molar-refractivity contribution in [3.63, 3.8) is 0 Å². The van der Waals surface area contributed by atoms with Gasteiger partial charge in [0.05, 0.1) is 0 Å². The summed E-state index contributed by atoms with van der Waals surface area (Å²) in [5.74, 6) is -0.605. The maximum Gasteiger partial charge on any atom is 0.226 e. The number of primary amides is 1. The van der Waals surface area contributed by atoms with Crippen molar-refractivity contribution >= 4 is 5.91 Å². The van der Waals surface area contributed by atoms with E-state index in [0.717, 1.165) is 5.56 Å². The summed E-state index contributed by atoms with van der Waals surface area (Å²) in [5.41, 5.74) is 14.2. The van der Waals surface area contributed by atoms with Crippen LogP contribution in [0.5, 0.6) is 0 Å². The maximum absolute atomic E-state index is 10.9. The van der Waals surface area contributed by atoms with Gasteiger partial charge in [0.15, 0.2) is 0 Å². The molecule has 0 aliphatic rings. The second kappa shape index (κ2) is 4.89. The molecular weight excluding hydrogens is 180 g/mol. The van der Waals surface area contributed by atoms with E-state index in [-0.39, 0.29) is 0 Å². The molecule has 0 aliphatic heterocycles. The summed E-state index contributed by atoms with van der Waals surface area (Å²) in [6.07, 6.45) is 0.347. The molecule has 0 spiro atoms. The van der Waals surface area contributed by atoms with Gasteiger partial charge in [0.25, 0.3) is 0 Å². The first-order valence-corrected chi connectivity index (χ1v) is 4.11. The third-order valence-electron chi connectivity index (χ3n) is 1.79. The van der Waals surface area contributed by atoms with Gasteiger partial charge in [-0.2, -0.15) is 0 Å². The van der Waals surface area contributed by atoms with E-state index in [1.807, 2.05) is 30.3 Å². The van der Waals surface area contributed by atoms with Crippen molar-refractivity contribution < 1.29 is 4.79 Å². The summed E-state index contributed by atoms with van der Waals surface area (Å²) in [6.45, 7) is 0. The van der Waals surface area contributed by atoms with Crippen LogP contribution in [-0.4, -0.2) is 11.9 Å². The minimum absolute atomic E-state index is 0.347. The first-order chi connectivity index (χ1) is 6.74. The van der Waals surface area contributed by atoms with E-state index in [4.69, 9.17) is 11.3 Å². The predicted octanol–water partition coefficient (Wildman–Crippen LogP) is 1.39. The molecule has 0 radical (unpaired) electrons. The van der Waals surface area contributed by atoms with Crippen molar-refractivity contribution in [1.29, 1.82) is 0 Å². The Labute approximate surface area is 81.2 Å².